The summed E-state index contributed by atoms with van der Waals surface area (Å²) in [4.78, 5) is 8.41. The minimum Gasteiger partial charge on any atom is -0.232 e. The van der Waals surface area contributed by atoms with Crippen LogP contribution in [0.3, 0.4) is 0 Å². The van der Waals surface area contributed by atoms with Gasteiger partial charge in [0.05, 0.1) is 15.7 Å². The molecule has 0 unspecified atom stereocenters. The highest BCUT2D eigenvalue weighted by molar-refractivity contribution is 9.10. The summed E-state index contributed by atoms with van der Waals surface area (Å²) in [5.74, 6) is -0.921. The molecule has 1 heterocycles. The van der Waals surface area contributed by atoms with Gasteiger partial charge in [-0.25, -0.2) is 18.7 Å². The van der Waals surface area contributed by atoms with Crippen molar-refractivity contribution in [2.75, 3.05) is 0 Å². The zero-order chi connectivity index (χ0) is 15.0. The van der Waals surface area contributed by atoms with Crippen molar-refractivity contribution in [1.29, 1.82) is 0 Å². The van der Waals surface area contributed by atoms with Crippen LogP contribution in [0.15, 0.2) is 16.6 Å². The maximum absolute atomic E-state index is 14.2. The highest BCUT2D eigenvalue weighted by Crippen LogP contribution is 2.34. The summed E-state index contributed by atoms with van der Waals surface area (Å²) in [6.45, 7) is 5.42. The molecule has 106 valence electrons. The Bertz CT molecular complexity index is 675. The molecule has 0 atom stereocenters. The first-order chi connectivity index (χ1) is 9.32. The van der Waals surface area contributed by atoms with Gasteiger partial charge in [0.15, 0.2) is 0 Å². The van der Waals surface area contributed by atoms with Gasteiger partial charge in [-0.2, -0.15) is 0 Å². The third kappa shape index (κ3) is 2.69. The van der Waals surface area contributed by atoms with Gasteiger partial charge in [-0.1, -0.05) is 25.4 Å². The van der Waals surface area contributed by atoms with E-state index in [4.69, 9.17) is 11.6 Å². The summed E-state index contributed by atoms with van der Waals surface area (Å²) in [6, 6.07) is 2.50. The van der Waals surface area contributed by atoms with Crippen LogP contribution in [0.25, 0.3) is 11.3 Å². The monoisotopic (exact) mass is 360 g/mol. The molecule has 0 aliphatic carbocycles. The largest absolute Gasteiger partial charge is 0.232 e. The molecule has 0 aliphatic rings. The van der Waals surface area contributed by atoms with Crippen molar-refractivity contribution in [3.05, 3.63) is 44.8 Å². The number of nitrogens with zero attached hydrogens (tertiary/aromatic N) is 2. The maximum Gasteiger partial charge on any atom is 0.149 e. The highest BCUT2D eigenvalue weighted by atomic mass is 79.9. The summed E-state index contributed by atoms with van der Waals surface area (Å²) >= 11 is 9.10. The van der Waals surface area contributed by atoms with Crippen molar-refractivity contribution in [2.24, 2.45) is 0 Å². The van der Waals surface area contributed by atoms with Crippen molar-refractivity contribution >= 4 is 27.5 Å². The summed E-state index contributed by atoms with van der Waals surface area (Å²) in [6.07, 6.45) is 0. The molecule has 0 aliphatic heterocycles. The molecule has 20 heavy (non-hydrogen) atoms. The second-order valence-electron chi connectivity index (χ2n) is 4.72. The van der Waals surface area contributed by atoms with E-state index < -0.39 is 11.6 Å². The normalized spacial score (nSPS) is 11.2. The van der Waals surface area contributed by atoms with E-state index in [1.165, 1.54) is 12.1 Å². The summed E-state index contributed by atoms with van der Waals surface area (Å²) in [5.41, 5.74) is 0.444. The zero-order valence-corrected chi connectivity index (χ0v) is 13.5. The first-order valence-electron chi connectivity index (χ1n) is 6.00. The van der Waals surface area contributed by atoms with Gasteiger partial charge in [0, 0.05) is 11.5 Å². The van der Waals surface area contributed by atoms with Crippen molar-refractivity contribution in [3.63, 3.8) is 0 Å². The van der Waals surface area contributed by atoms with Gasteiger partial charge in [-0.15, -0.1) is 0 Å². The number of aromatic nitrogens is 2. The predicted molar refractivity (Wildman–Crippen MR) is 78.9 cm³/mol. The molecule has 0 saturated carbocycles. The van der Waals surface area contributed by atoms with Gasteiger partial charge in [0.2, 0.25) is 0 Å². The van der Waals surface area contributed by atoms with Crippen LogP contribution in [-0.4, -0.2) is 9.97 Å². The first kappa shape index (κ1) is 15.3. The number of benzene rings is 1. The van der Waals surface area contributed by atoms with Crippen molar-refractivity contribution < 1.29 is 8.78 Å². The average molecular weight is 362 g/mol. The van der Waals surface area contributed by atoms with Crippen LogP contribution in [0.4, 0.5) is 8.78 Å². The van der Waals surface area contributed by atoms with Crippen LogP contribution in [0.2, 0.25) is 5.15 Å². The quantitative estimate of drug-likeness (QED) is 0.538. The summed E-state index contributed by atoms with van der Waals surface area (Å²) < 4.78 is 28.4. The fourth-order valence-electron chi connectivity index (χ4n) is 1.75. The van der Waals surface area contributed by atoms with E-state index in [1.807, 2.05) is 13.8 Å². The van der Waals surface area contributed by atoms with Crippen LogP contribution in [0.1, 0.15) is 31.2 Å². The number of halogens is 4. The highest BCUT2D eigenvalue weighted by Gasteiger charge is 2.21. The Morgan fingerprint density at radius 1 is 1.20 bits per heavy atom. The number of rotatable bonds is 2. The van der Waals surface area contributed by atoms with E-state index in [0.717, 1.165) is 0 Å². The van der Waals surface area contributed by atoms with Crippen molar-refractivity contribution in [1.82, 2.24) is 9.97 Å². The lowest BCUT2D eigenvalue weighted by molar-refractivity contribution is 0.583. The van der Waals surface area contributed by atoms with Gasteiger partial charge in [-0.05, 0) is 35.0 Å². The van der Waals surface area contributed by atoms with Gasteiger partial charge >= 0.3 is 0 Å². The third-order valence-corrected chi connectivity index (χ3v) is 3.88. The summed E-state index contributed by atoms with van der Waals surface area (Å²) in [7, 11) is 0. The van der Waals surface area contributed by atoms with E-state index in [0.29, 0.717) is 11.4 Å². The van der Waals surface area contributed by atoms with Crippen molar-refractivity contribution in [2.45, 2.75) is 26.7 Å². The van der Waals surface area contributed by atoms with E-state index >= 15 is 0 Å². The first-order valence-corrected chi connectivity index (χ1v) is 7.18. The smallest absolute Gasteiger partial charge is 0.149 e. The third-order valence-electron chi connectivity index (χ3n) is 2.90. The van der Waals surface area contributed by atoms with Crippen LogP contribution in [-0.2, 0) is 0 Å². The van der Waals surface area contributed by atoms with Crippen LogP contribution >= 0.6 is 27.5 Å². The molecule has 2 rings (SSSR count). The molecule has 0 N–H and O–H groups in total. The Hall–Kier alpha value is -1.07. The Kier molecular flexibility index (Phi) is 4.39. The Balaban J connectivity index is 2.79. The second kappa shape index (κ2) is 5.74. The molecule has 6 heteroatoms. The zero-order valence-electron chi connectivity index (χ0n) is 11.1. The maximum atomic E-state index is 14.2. The number of hydrogen-bond donors (Lipinski definition) is 0. The van der Waals surface area contributed by atoms with Gasteiger partial charge in [0.25, 0.3) is 0 Å². The molecular weight excluding hydrogens is 350 g/mol. The van der Waals surface area contributed by atoms with Crippen LogP contribution in [0.5, 0.6) is 0 Å². The molecular formula is C14H12BrClF2N2. The topological polar surface area (TPSA) is 25.8 Å². The van der Waals surface area contributed by atoms with Crippen LogP contribution in [0, 0.1) is 18.6 Å². The molecule has 0 fully saturated rings. The molecule has 1 aromatic heterocycles. The predicted octanol–water partition coefficient (Wildman–Crippen LogP) is 5.27. The Morgan fingerprint density at radius 3 is 2.45 bits per heavy atom. The van der Waals surface area contributed by atoms with E-state index in [9.17, 15) is 8.78 Å². The fourth-order valence-corrected chi connectivity index (χ4v) is 2.26. The van der Waals surface area contributed by atoms with Crippen molar-refractivity contribution in [3.8, 4) is 11.3 Å². The molecule has 0 saturated heterocycles. The standard InChI is InChI=1S/C14H12BrClF2N2/c1-6(2)14-19-12(7(3)13(16)20-14)10-9(17)5-4-8(15)11(10)18/h4-6H,1-3H3. The minimum absolute atomic E-state index is 0.00475. The fraction of sp³-hybridized carbons (Fsp3) is 0.286. The molecule has 0 radical (unpaired) electrons. The lowest BCUT2D eigenvalue weighted by Crippen LogP contribution is -2.04. The molecule has 2 aromatic rings. The molecule has 0 spiro atoms. The Morgan fingerprint density at radius 2 is 1.85 bits per heavy atom. The lowest BCUT2D eigenvalue weighted by Gasteiger charge is -2.13. The van der Waals surface area contributed by atoms with Gasteiger partial charge < -0.3 is 0 Å². The van der Waals surface area contributed by atoms with Gasteiger partial charge in [-0.3, -0.25) is 0 Å². The SMILES string of the molecule is Cc1c(Cl)nc(C(C)C)nc1-c1c(F)ccc(Br)c1F. The molecule has 0 bridgehead atoms. The molecule has 0 amide bonds. The minimum atomic E-state index is -0.697. The molecule has 1 aromatic carbocycles. The Labute approximate surface area is 129 Å². The van der Waals surface area contributed by atoms with E-state index in [2.05, 4.69) is 25.9 Å². The van der Waals surface area contributed by atoms with Crippen LogP contribution < -0.4 is 0 Å². The van der Waals surface area contributed by atoms with Gasteiger partial charge in [0.1, 0.15) is 22.6 Å². The molecule has 2 nitrogen and oxygen atoms in total. The second-order valence-corrected chi connectivity index (χ2v) is 5.93. The van der Waals surface area contributed by atoms with E-state index in [-0.39, 0.29) is 26.8 Å². The number of hydrogen-bond acceptors (Lipinski definition) is 2. The van der Waals surface area contributed by atoms with E-state index in [1.54, 1.807) is 6.92 Å². The lowest BCUT2D eigenvalue weighted by atomic mass is 10.1. The average Bonchev–Trinajstić information content (AvgIpc) is 2.38. The summed E-state index contributed by atoms with van der Waals surface area (Å²) in [5, 5.41) is 0.206.